The molecule has 0 bridgehead atoms. The Morgan fingerprint density at radius 3 is 2.15 bits per heavy atom. The highest BCUT2D eigenvalue weighted by atomic mass is 16.4. The van der Waals surface area contributed by atoms with Gasteiger partial charge < -0.3 is 24.9 Å². The van der Waals surface area contributed by atoms with Crippen LogP contribution >= 0.6 is 0 Å². The molecule has 0 spiro atoms. The van der Waals surface area contributed by atoms with Crippen LogP contribution in [-0.2, 0) is 9.59 Å². The van der Waals surface area contributed by atoms with Gasteiger partial charge in [0.05, 0.1) is 0 Å². The van der Waals surface area contributed by atoms with Gasteiger partial charge in [0, 0.05) is 20.1 Å². The van der Waals surface area contributed by atoms with Crippen molar-refractivity contribution in [2.45, 2.75) is 6.42 Å². The van der Waals surface area contributed by atoms with Gasteiger partial charge in [-0.05, 0) is 25.9 Å². The van der Waals surface area contributed by atoms with Gasteiger partial charge in [-0.1, -0.05) is 0 Å². The number of carboxylic acids is 2. The van der Waals surface area contributed by atoms with Crippen LogP contribution in [0.3, 0.4) is 0 Å². The second kappa shape index (κ2) is 7.09. The van der Waals surface area contributed by atoms with Crippen molar-refractivity contribution in [3.05, 3.63) is 0 Å². The van der Waals surface area contributed by atoms with Crippen molar-refractivity contribution < 1.29 is 24.6 Å². The molecule has 20 heavy (non-hydrogen) atoms. The van der Waals surface area contributed by atoms with Crippen LogP contribution in [0.15, 0.2) is 0 Å². The molecule has 1 fully saturated rings. The van der Waals surface area contributed by atoms with E-state index >= 15 is 0 Å². The lowest BCUT2D eigenvalue weighted by atomic mass is 10.1. The minimum atomic E-state index is -1.23. The molecular weight excluding hydrogens is 266 g/mol. The highest BCUT2D eigenvalue weighted by Gasteiger charge is 2.26. The fourth-order valence-corrected chi connectivity index (χ4v) is 2.40. The van der Waals surface area contributed by atoms with Crippen LogP contribution in [-0.4, -0.2) is 89.7 Å². The third kappa shape index (κ3) is 5.04. The van der Waals surface area contributed by atoms with E-state index in [1.807, 2.05) is 7.05 Å². The van der Waals surface area contributed by atoms with Gasteiger partial charge >= 0.3 is 18.0 Å². The fraction of sp³-hybridized carbons (Fsp3) is 0.750. The Kier molecular flexibility index (Phi) is 5.75. The summed E-state index contributed by atoms with van der Waals surface area (Å²) in [6, 6.07) is -0.565. The lowest BCUT2D eigenvalue weighted by Gasteiger charge is -2.27. The number of hydrogen-bond donors (Lipinski definition) is 2. The largest absolute Gasteiger partial charge is 0.480 e. The minimum absolute atomic E-state index is 0.338. The summed E-state index contributed by atoms with van der Waals surface area (Å²) in [6.45, 7) is 1.13. The topological polar surface area (TPSA) is 101 Å². The number of urea groups is 1. The van der Waals surface area contributed by atoms with Crippen molar-refractivity contribution in [1.29, 1.82) is 0 Å². The standard InChI is InChI=1S/C12H21N3O5/c1-13-4-3-9(5-13)6-14(2)12(20)15(7-10(16)17)8-11(18)19/h9H,3-8H2,1-2H3,(H,16,17)(H,18,19). The van der Waals surface area contributed by atoms with E-state index in [9.17, 15) is 14.4 Å². The van der Waals surface area contributed by atoms with E-state index < -0.39 is 31.1 Å². The van der Waals surface area contributed by atoms with Gasteiger partial charge in [-0.25, -0.2) is 4.79 Å². The Morgan fingerprint density at radius 2 is 1.75 bits per heavy atom. The summed E-state index contributed by atoms with van der Waals surface area (Å²) in [4.78, 5) is 37.9. The Morgan fingerprint density at radius 1 is 1.20 bits per heavy atom. The van der Waals surface area contributed by atoms with Gasteiger partial charge in [0.15, 0.2) is 0 Å². The molecule has 0 aromatic carbocycles. The summed E-state index contributed by atoms with van der Waals surface area (Å²) in [7, 11) is 3.57. The van der Waals surface area contributed by atoms with Gasteiger partial charge in [0.1, 0.15) is 13.1 Å². The Bertz CT molecular complexity index is 371. The van der Waals surface area contributed by atoms with Crippen LogP contribution in [0.2, 0.25) is 0 Å². The Labute approximate surface area is 117 Å². The average molecular weight is 287 g/mol. The van der Waals surface area contributed by atoms with Crippen molar-refractivity contribution in [2.24, 2.45) is 5.92 Å². The van der Waals surface area contributed by atoms with E-state index in [2.05, 4.69) is 4.90 Å². The molecule has 1 unspecified atom stereocenters. The van der Waals surface area contributed by atoms with Crippen LogP contribution in [0.1, 0.15) is 6.42 Å². The first-order valence-electron chi connectivity index (χ1n) is 6.41. The molecule has 1 atom stereocenters. The predicted octanol–water partition coefficient (Wildman–Crippen LogP) is -0.539. The average Bonchev–Trinajstić information content (AvgIpc) is 2.71. The maximum Gasteiger partial charge on any atom is 0.323 e. The van der Waals surface area contributed by atoms with Crippen LogP contribution in [0.25, 0.3) is 0 Å². The van der Waals surface area contributed by atoms with Crippen molar-refractivity contribution >= 4 is 18.0 Å². The van der Waals surface area contributed by atoms with Crippen LogP contribution in [0, 0.1) is 5.92 Å². The number of carbonyl (C=O) groups excluding carboxylic acids is 1. The summed E-state index contributed by atoms with van der Waals surface area (Å²) in [5, 5.41) is 17.5. The second-order valence-corrected chi connectivity index (χ2v) is 5.22. The molecule has 0 saturated carbocycles. The fourth-order valence-electron chi connectivity index (χ4n) is 2.40. The van der Waals surface area contributed by atoms with Crippen molar-refractivity contribution in [2.75, 3.05) is 46.8 Å². The van der Waals surface area contributed by atoms with Crippen molar-refractivity contribution in [1.82, 2.24) is 14.7 Å². The molecule has 114 valence electrons. The van der Waals surface area contributed by atoms with Crippen molar-refractivity contribution in [3.8, 4) is 0 Å². The number of aliphatic carboxylic acids is 2. The molecule has 2 amide bonds. The molecular formula is C12H21N3O5. The normalized spacial score (nSPS) is 18.8. The number of likely N-dealkylation sites (tertiary alicyclic amines) is 1. The number of carbonyl (C=O) groups is 3. The second-order valence-electron chi connectivity index (χ2n) is 5.22. The zero-order chi connectivity index (χ0) is 15.3. The quantitative estimate of drug-likeness (QED) is 0.680. The number of carboxylic acid groups (broad SMARTS) is 2. The molecule has 1 heterocycles. The van der Waals surface area contributed by atoms with Crippen molar-refractivity contribution in [3.63, 3.8) is 0 Å². The maximum absolute atomic E-state index is 12.1. The zero-order valence-corrected chi connectivity index (χ0v) is 11.8. The first-order valence-corrected chi connectivity index (χ1v) is 6.41. The predicted molar refractivity (Wildman–Crippen MR) is 70.5 cm³/mol. The molecule has 8 heteroatoms. The van der Waals surface area contributed by atoms with E-state index in [1.54, 1.807) is 7.05 Å². The molecule has 8 nitrogen and oxygen atoms in total. The third-order valence-corrected chi connectivity index (χ3v) is 3.27. The Balaban J connectivity index is 2.57. The zero-order valence-electron chi connectivity index (χ0n) is 11.8. The maximum atomic E-state index is 12.1. The van der Waals surface area contributed by atoms with Gasteiger partial charge in [-0.2, -0.15) is 0 Å². The molecule has 1 aliphatic heterocycles. The molecule has 1 rings (SSSR count). The summed E-state index contributed by atoms with van der Waals surface area (Å²) < 4.78 is 0. The van der Waals surface area contributed by atoms with Gasteiger partial charge in [-0.15, -0.1) is 0 Å². The smallest absolute Gasteiger partial charge is 0.323 e. The first-order chi connectivity index (χ1) is 9.29. The van der Waals surface area contributed by atoms with E-state index in [-0.39, 0.29) is 0 Å². The van der Waals surface area contributed by atoms with Crippen LogP contribution in [0.5, 0.6) is 0 Å². The lowest BCUT2D eigenvalue weighted by molar-refractivity contribution is -0.140. The molecule has 0 radical (unpaired) electrons. The summed E-state index contributed by atoms with van der Waals surface area (Å²) in [5.74, 6) is -2.12. The molecule has 1 saturated heterocycles. The number of amides is 2. The molecule has 0 aromatic heterocycles. The van der Waals surface area contributed by atoms with Gasteiger partial charge in [-0.3, -0.25) is 9.59 Å². The van der Waals surface area contributed by atoms with E-state index in [0.717, 1.165) is 24.4 Å². The number of rotatable bonds is 6. The van der Waals surface area contributed by atoms with Crippen LogP contribution < -0.4 is 0 Å². The van der Waals surface area contributed by atoms with Gasteiger partial charge in [0.2, 0.25) is 0 Å². The minimum Gasteiger partial charge on any atom is -0.480 e. The highest BCUT2D eigenvalue weighted by molar-refractivity contribution is 5.84. The highest BCUT2D eigenvalue weighted by Crippen LogP contribution is 2.15. The van der Waals surface area contributed by atoms with E-state index in [4.69, 9.17) is 10.2 Å². The molecule has 0 aliphatic carbocycles. The monoisotopic (exact) mass is 287 g/mol. The summed E-state index contributed by atoms with van der Waals surface area (Å²) in [5.41, 5.74) is 0. The molecule has 0 aromatic rings. The SMILES string of the molecule is CN1CCC(CN(C)C(=O)N(CC(=O)O)CC(=O)O)C1. The number of nitrogens with zero attached hydrogens (tertiary/aromatic N) is 3. The third-order valence-electron chi connectivity index (χ3n) is 3.27. The summed E-state index contributed by atoms with van der Waals surface area (Å²) >= 11 is 0. The molecule has 1 aliphatic rings. The first kappa shape index (κ1) is 16.2. The van der Waals surface area contributed by atoms with E-state index in [0.29, 0.717) is 12.5 Å². The van der Waals surface area contributed by atoms with Gasteiger partial charge in [0.25, 0.3) is 0 Å². The number of hydrogen-bond acceptors (Lipinski definition) is 4. The van der Waals surface area contributed by atoms with Crippen LogP contribution in [0.4, 0.5) is 4.79 Å². The lowest BCUT2D eigenvalue weighted by Crippen LogP contribution is -2.47. The van der Waals surface area contributed by atoms with E-state index in [1.165, 1.54) is 4.90 Å². The summed E-state index contributed by atoms with van der Waals surface area (Å²) in [6.07, 6.45) is 0.978. The molecule has 2 N–H and O–H groups in total. The Hall–Kier alpha value is -1.83.